The van der Waals surface area contributed by atoms with E-state index < -0.39 is 0 Å². The summed E-state index contributed by atoms with van der Waals surface area (Å²) in [7, 11) is 0. The molecule has 0 saturated carbocycles. The molecular formula is C56H59BN2O. The summed E-state index contributed by atoms with van der Waals surface area (Å²) in [5.74, 6) is 0.891. The zero-order valence-corrected chi connectivity index (χ0v) is 37.7. The van der Waals surface area contributed by atoms with Gasteiger partial charge in [0.2, 0.25) is 0 Å². The Kier molecular flexibility index (Phi) is 9.21. The maximum atomic E-state index is 7.57. The predicted molar refractivity (Wildman–Crippen MR) is 258 cm³/mol. The fourth-order valence-corrected chi connectivity index (χ4v) is 9.15. The summed E-state index contributed by atoms with van der Waals surface area (Å²) in [5, 5.41) is 0. The van der Waals surface area contributed by atoms with Crippen LogP contribution in [0.1, 0.15) is 105 Å². The molecule has 4 heteroatoms. The van der Waals surface area contributed by atoms with Crippen molar-refractivity contribution in [3.05, 3.63) is 162 Å². The van der Waals surface area contributed by atoms with Crippen molar-refractivity contribution in [2.75, 3.05) is 9.80 Å². The number of benzene rings is 6. The van der Waals surface area contributed by atoms with Crippen LogP contribution in [0.4, 0.5) is 34.1 Å². The lowest BCUT2D eigenvalue weighted by molar-refractivity contribution is 0.589. The molecule has 0 fully saturated rings. The van der Waals surface area contributed by atoms with Crippen molar-refractivity contribution in [1.82, 2.24) is 0 Å². The number of fused-ring (bicyclic) bond motifs is 4. The molecule has 0 atom stereocenters. The van der Waals surface area contributed by atoms with Gasteiger partial charge in [-0.3, -0.25) is 0 Å². The molecule has 3 nitrogen and oxygen atoms in total. The zero-order chi connectivity index (χ0) is 42.5. The first kappa shape index (κ1) is 39.7. The molecule has 0 radical (unpaired) electrons. The number of hydrogen-bond acceptors (Lipinski definition) is 3. The van der Waals surface area contributed by atoms with E-state index in [2.05, 4.69) is 232 Å². The molecule has 60 heavy (non-hydrogen) atoms. The summed E-state index contributed by atoms with van der Waals surface area (Å²) in [4.78, 5) is 5.06. The topological polar surface area (TPSA) is 19.6 Å². The van der Waals surface area contributed by atoms with Crippen molar-refractivity contribution in [3.63, 3.8) is 0 Å². The van der Waals surface area contributed by atoms with E-state index in [1.807, 2.05) is 0 Å². The Bertz CT molecular complexity index is 2720. The van der Waals surface area contributed by atoms with Gasteiger partial charge in [-0.25, -0.2) is 0 Å². The van der Waals surface area contributed by atoms with E-state index in [0.717, 1.165) is 45.2 Å². The van der Waals surface area contributed by atoms with Crippen LogP contribution in [0.15, 0.2) is 144 Å². The Morgan fingerprint density at radius 3 is 1.37 bits per heavy atom. The summed E-state index contributed by atoms with van der Waals surface area (Å²) in [6.07, 6.45) is 0. The Balaban J connectivity index is 1.45. The first-order valence-corrected chi connectivity index (χ1v) is 21.7. The maximum absolute atomic E-state index is 7.57. The predicted octanol–water partition coefficient (Wildman–Crippen LogP) is 13.9. The first-order valence-electron chi connectivity index (χ1n) is 21.7. The van der Waals surface area contributed by atoms with Crippen LogP contribution in [0.2, 0.25) is 0 Å². The van der Waals surface area contributed by atoms with Crippen molar-refractivity contribution in [2.45, 2.75) is 105 Å². The first-order chi connectivity index (χ1) is 28.3. The summed E-state index contributed by atoms with van der Waals surface area (Å²) >= 11 is 0. The van der Waals surface area contributed by atoms with Crippen LogP contribution in [0.3, 0.4) is 0 Å². The monoisotopic (exact) mass is 786 g/mol. The van der Waals surface area contributed by atoms with E-state index in [1.165, 1.54) is 50.2 Å². The van der Waals surface area contributed by atoms with Crippen LogP contribution in [0.25, 0.3) is 22.5 Å². The van der Waals surface area contributed by atoms with Crippen LogP contribution >= 0.6 is 0 Å². The highest BCUT2D eigenvalue weighted by molar-refractivity contribution is 6.99. The maximum Gasteiger partial charge on any atom is 0.297 e. The quantitative estimate of drug-likeness (QED) is 0.166. The average molecular weight is 787 g/mol. The van der Waals surface area contributed by atoms with Gasteiger partial charge >= 0.3 is 0 Å². The van der Waals surface area contributed by atoms with Crippen molar-refractivity contribution < 1.29 is 4.42 Å². The molecule has 302 valence electrons. The Morgan fingerprint density at radius 2 is 0.867 bits per heavy atom. The normalized spacial score (nSPS) is 13.9. The van der Waals surface area contributed by atoms with E-state index in [9.17, 15) is 0 Å². The second-order valence-corrected chi connectivity index (χ2v) is 21.2. The molecule has 0 saturated heterocycles. The average Bonchev–Trinajstić information content (AvgIpc) is 3.60. The van der Waals surface area contributed by atoms with Crippen molar-refractivity contribution in [3.8, 4) is 22.5 Å². The summed E-state index contributed by atoms with van der Waals surface area (Å²) < 4.78 is 7.57. The molecule has 6 aromatic carbocycles. The van der Waals surface area contributed by atoms with Crippen molar-refractivity contribution in [1.29, 1.82) is 0 Å². The fraction of sp³-hybridized carbons (Fsp3) is 0.286. The molecule has 0 bridgehead atoms. The molecule has 0 aliphatic carbocycles. The highest BCUT2D eigenvalue weighted by Crippen LogP contribution is 2.52. The van der Waals surface area contributed by atoms with Gasteiger partial charge in [-0.15, -0.1) is 0 Å². The summed E-state index contributed by atoms with van der Waals surface area (Å²) in [6.45, 7) is 27.5. The molecule has 0 amide bonds. The van der Waals surface area contributed by atoms with Gasteiger partial charge in [0.15, 0.2) is 0 Å². The minimum absolute atomic E-state index is 0.0187. The number of rotatable bonds is 4. The SMILES string of the molecule is CC(C)(C)c1ccc(N2c3ccc(C(C)(C)C)cc3B3c4oc(-c5ccccc5)c(-c5ccccc5)c4N(c4ccc(C(C)(C)C)cc4)c4cc(C(C)(C)C)cc2c43)cc1. The molecule has 3 heterocycles. The molecule has 0 spiro atoms. The van der Waals surface area contributed by atoms with Crippen LogP contribution in [0, 0.1) is 0 Å². The highest BCUT2D eigenvalue weighted by Gasteiger charge is 2.48. The summed E-state index contributed by atoms with van der Waals surface area (Å²) in [6, 6.07) is 52.2. The molecule has 1 aromatic heterocycles. The molecular weight excluding hydrogens is 727 g/mol. The second kappa shape index (κ2) is 13.9. The van der Waals surface area contributed by atoms with Gasteiger partial charge in [0.05, 0.1) is 16.9 Å². The number of hydrogen-bond donors (Lipinski definition) is 0. The molecule has 2 aliphatic heterocycles. The smallest absolute Gasteiger partial charge is 0.297 e. The van der Waals surface area contributed by atoms with Crippen LogP contribution in [0.5, 0.6) is 0 Å². The Labute approximate surface area is 359 Å². The molecule has 0 unspecified atom stereocenters. The van der Waals surface area contributed by atoms with Crippen LogP contribution in [-0.4, -0.2) is 6.71 Å². The molecule has 9 rings (SSSR count). The van der Waals surface area contributed by atoms with Gasteiger partial charge in [0.1, 0.15) is 5.76 Å². The van der Waals surface area contributed by atoms with Gasteiger partial charge in [-0.05, 0) is 103 Å². The largest absolute Gasteiger partial charge is 0.467 e. The lowest BCUT2D eigenvalue weighted by atomic mass is 9.35. The second-order valence-electron chi connectivity index (χ2n) is 21.2. The minimum Gasteiger partial charge on any atom is -0.467 e. The Morgan fingerprint density at radius 1 is 0.417 bits per heavy atom. The van der Waals surface area contributed by atoms with Gasteiger partial charge in [0.25, 0.3) is 6.71 Å². The van der Waals surface area contributed by atoms with Gasteiger partial charge < -0.3 is 14.2 Å². The lowest BCUT2D eigenvalue weighted by Crippen LogP contribution is -2.61. The third-order valence-corrected chi connectivity index (χ3v) is 12.7. The third-order valence-electron chi connectivity index (χ3n) is 12.7. The number of nitrogens with zero attached hydrogens (tertiary/aromatic N) is 2. The van der Waals surface area contributed by atoms with Crippen molar-refractivity contribution in [2.24, 2.45) is 0 Å². The van der Waals surface area contributed by atoms with Gasteiger partial charge in [-0.2, -0.15) is 0 Å². The van der Waals surface area contributed by atoms with Crippen molar-refractivity contribution >= 4 is 57.4 Å². The third kappa shape index (κ3) is 6.69. The minimum atomic E-state index is -0.161. The number of furan rings is 1. The fourth-order valence-electron chi connectivity index (χ4n) is 9.15. The zero-order valence-electron chi connectivity index (χ0n) is 37.7. The molecule has 7 aromatic rings. The van der Waals surface area contributed by atoms with E-state index >= 15 is 0 Å². The van der Waals surface area contributed by atoms with E-state index in [0.29, 0.717) is 0 Å². The lowest BCUT2D eigenvalue weighted by Gasteiger charge is -2.44. The van der Waals surface area contributed by atoms with E-state index in [-0.39, 0.29) is 28.4 Å². The standard InChI is InChI=1S/C56H59BN2O/c1-53(2,3)38-23-28-42(29-24-38)58-45-32-27-40(55(7,8)9)33-44(45)57-49-46(58)34-41(56(10,11)12)35-47(49)59(43-30-25-39(26-31-43)54(4,5)6)50-48(36-19-15-13-16-20-36)51(60-52(50)57)37-21-17-14-18-22-37/h13-35H,1-12H3. The molecule has 2 aliphatic rings. The van der Waals surface area contributed by atoms with Gasteiger partial charge in [0, 0.05) is 34.0 Å². The van der Waals surface area contributed by atoms with Crippen LogP contribution in [-0.2, 0) is 21.7 Å². The summed E-state index contributed by atoms with van der Waals surface area (Å²) in [5.41, 5.74) is 18.9. The van der Waals surface area contributed by atoms with Crippen LogP contribution < -0.4 is 26.4 Å². The highest BCUT2D eigenvalue weighted by atomic mass is 16.3. The van der Waals surface area contributed by atoms with Gasteiger partial charge in [-0.1, -0.05) is 180 Å². The van der Waals surface area contributed by atoms with E-state index in [1.54, 1.807) is 0 Å². The Hall–Kier alpha value is -5.74. The number of anilines is 6. The molecule has 0 N–H and O–H groups in total. The van der Waals surface area contributed by atoms with E-state index in [4.69, 9.17) is 4.42 Å².